The predicted molar refractivity (Wildman–Crippen MR) is 79.4 cm³/mol. The molecule has 0 unspecified atom stereocenters. The second-order valence-electron chi connectivity index (χ2n) is 5.12. The van der Waals surface area contributed by atoms with E-state index in [0.29, 0.717) is 0 Å². The third-order valence-electron chi connectivity index (χ3n) is 2.23. The van der Waals surface area contributed by atoms with Crippen LogP contribution in [0.1, 0.15) is 20.8 Å². The molecule has 1 amide bonds. The molecule has 0 aromatic carbocycles. The fraction of sp³-hybridized carbons (Fsp3) is 0.500. The Morgan fingerprint density at radius 2 is 2.00 bits per heavy atom. The van der Waals surface area contributed by atoms with Gasteiger partial charge in [-0.15, -0.1) is 0 Å². The minimum Gasteiger partial charge on any atom is -0.363 e. The molecule has 0 fully saturated rings. The zero-order valence-electron chi connectivity index (χ0n) is 10.8. The Morgan fingerprint density at radius 3 is 2.41 bits per heavy atom. The summed E-state index contributed by atoms with van der Waals surface area (Å²) in [6.45, 7) is 5.66. The lowest BCUT2D eigenvalue weighted by atomic mass is 9.96. The molecular weight excluding hydrogens is 329 g/mol. The molecule has 94 valence electrons. The quantitative estimate of drug-likeness (QED) is 0.837. The Balaban J connectivity index is 2.91. The standard InChI is InChI=1S/C12H18IN3O/c1-12(2,3)11(17)15-9-7-14-10(16(4)5)6-8(9)13/h6-7H,1-5H3,(H,15,17). The van der Waals surface area contributed by atoms with E-state index in [9.17, 15) is 4.79 Å². The van der Waals surface area contributed by atoms with Crippen molar-refractivity contribution in [3.05, 3.63) is 15.8 Å². The zero-order valence-corrected chi connectivity index (χ0v) is 13.0. The average Bonchev–Trinajstić information content (AvgIpc) is 2.19. The van der Waals surface area contributed by atoms with Crippen LogP contribution in [0.3, 0.4) is 0 Å². The maximum absolute atomic E-state index is 11.9. The molecule has 17 heavy (non-hydrogen) atoms. The summed E-state index contributed by atoms with van der Waals surface area (Å²) in [4.78, 5) is 18.1. The second kappa shape index (κ2) is 5.20. The van der Waals surface area contributed by atoms with Crippen molar-refractivity contribution in [3.63, 3.8) is 0 Å². The molecule has 1 rings (SSSR count). The molecule has 1 aromatic rings. The van der Waals surface area contributed by atoms with Crippen LogP contribution in [0, 0.1) is 8.99 Å². The summed E-state index contributed by atoms with van der Waals surface area (Å²) < 4.78 is 0.985. The number of pyridine rings is 1. The minimum atomic E-state index is -0.400. The first-order valence-electron chi connectivity index (χ1n) is 5.36. The second-order valence-corrected chi connectivity index (χ2v) is 6.28. The molecule has 1 N–H and O–H groups in total. The lowest BCUT2D eigenvalue weighted by Crippen LogP contribution is -2.28. The summed E-state index contributed by atoms with van der Waals surface area (Å²) in [6, 6.07) is 1.94. The molecule has 4 nitrogen and oxygen atoms in total. The van der Waals surface area contributed by atoms with Crippen molar-refractivity contribution in [2.45, 2.75) is 20.8 Å². The van der Waals surface area contributed by atoms with Gasteiger partial charge in [-0.3, -0.25) is 4.79 Å². The molecule has 5 heteroatoms. The first-order chi connectivity index (χ1) is 7.71. The molecule has 0 bridgehead atoms. The summed E-state index contributed by atoms with van der Waals surface area (Å²) >= 11 is 2.20. The van der Waals surface area contributed by atoms with Crippen molar-refractivity contribution in [2.75, 3.05) is 24.3 Å². The number of rotatable bonds is 2. The van der Waals surface area contributed by atoms with E-state index < -0.39 is 5.41 Å². The van der Waals surface area contributed by atoms with Crippen LogP contribution >= 0.6 is 22.6 Å². The topological polar surface area (TPSA) is 45.2 Å². The van der Waals surface area contributed by atoms with E-state index in [1.165, 1.54) is 0 Å². The third-order valence-corrected chi connectivity index (χ3v) is 3.12. The molecule has 0 aliphatic rings. The lowest BCUT2D eigenvalue weighted by molar-refractivity contribution is -0.123. The summed E-state index contributed by atoms with van der Waals surface area (Å²) in [5.41, 5.74) is 0.361. The average molecular weight is 347 g/mol. The van der Waals surface area contributed by atoms with Gasteiger partial charge in [-0.05, 0) is 28.7 Å². The Bertz CT molecular complexity index is 424. The van der Waals surface area contributed by atoms with Crippen LogP contribution in [-0.2, 0) is 4.79 Å². The van der Waals surface area contributed by atoms with Crippen LogP contribution in [0.5, 0.6) is 0 Å². The number of nitrogens with zero attached hydrogens (tertiary/aromatic N) is 2. The number of carbonyl (C=O) groups is 1. The van der Waals surface area contributed by atoms with Gasteiger partial charge in [0.1, 0.15) is 5.82 Å². The highest BCUT2D eigenvalue weighted by molar-refractivity contribution is 14.1. The zero-order chi connectivity index (χ0) is 13.2. The third kappa shape index (κ3) is 3.83. The Morgan fingerprint density at radius 1 is 1.41 bits per heavy atom. The molecule has 0 atom stereocenters. The maximum atomic E-state index is 11.9. The van der Waals surface area contributed by atoms with Gasteiger partial charge in [-0.1, -0.05) is 20.8 Å². The van der Waals surface area contributed by atoms with E-state index in [0.717, 1.165) is 15.1 Å². The molecule has 0 aliphatic heterocycles. The number of nitrogens with one attached hydrogen (secondary N) is 1. The SMILES string of the molecule is CN(C)c1cc(I)c(NC(=O)C(C)(C)C)cn1. The fourth-order valence-corrected chi connectivity index (χ4v) is 1.62. The van der Waals surface area contributed by atoms with Crippen LogP contribution in [-0.4, -0.2) is 25.0 Å². The Hall–Kier alpha value is -0.850. The number of amides is 1. The summed E-state index contributed by atoms with van der Waals surface area (Å²) in [5.74, 6) is 0.873. The molecule has 1 aromatic heterocycles. The number of hydrogen-bond acceptors (Lipinski definition) is 3. The highest BCUT2D eigenvalue weighted by Crippen LogP contribution is 2.23. The molecule has 0 aliphatic carbocycles. The highest BCUT2D eigenvalue weighted by Gasteiger charge is 2.22. The number of halogens is 1. The fourth-order valence-electron chi connectivity index (χ4n) is 1.07. The highest BCUT2D eigenvalue weighted by atomic mass is 127. The van der Waals surface area contributed by atoms with E-state index in [4.69, 9.17) is 0 Å². The Kier molecular flexibility index (Phi) is 4.35. The number of carbonyl (C=O) groups excluding carboxylic acids is 1. The first-order valence-corrected chi connectivity index (χ1v) is 6.44. The first kappa shape index (κ1) is 14.2. The van der Waals surface area contributed by atoms with E-state index in [1.807, 2.05) is 45.8 Å². The van der Waals surface area contributed by atoms with Crippen LogP contribution in [0.25, 0.3) is 0 Å². The predicted octanol–water partition coefficient (Wildman–Crippen LogP) is 2.74. The Labute approximate surface area is 116 Å². The van der Waals surface area contributed by atoms with Crippen LogP contribution in [0.15, 0.2) is 12.3 Å². The van der Waals surface area contributed by atoms with Gasteiger partial charge in [0.2, 0.25) is 5.91 Å². The minimum absolute atomic E-state index is 0.00480. The maximum Gasteiger partial charge on any atom is 0.229 e. The number of anilines is 2. The smallest absolute Gasteiger partial charge is 0.229 e. The van der Waals surface area contributed by atoms with Crippen LogP contribution in [0.4, 0.5) is 11.5 Å². The van der Waals surface area contributed by atoms with E-state index in [1.54, 1.807) is 6.20 Å². The molecule has 0 saturated carbocycles. The van der Waals surface area contributed by atoms with Gasteiger partial charge in [-0.2, -0.15) is 0 Å². The van der Waals surface area contributed by atoms with Crippen LogP contribution in [0.2, 0.25) is 0 Å². The molecular formula is C12H18IN3O. The number of aromatic nitrogens is 1. The van der Waals surface area contributed by atoms with Crippen molar-refractivity contribution in [3.8, 4) is 0 Å². The van der Waals surface area contributed by atoms with E-state index in [2.05, 4.69) is 32.9 Å². The largest absolute Gasteiger partial charge is 0.363 e. The molecule has 0 radical (unpaired) electrons. The molecule has 0 saturated heterocycles. The van der Waals surface area contributed by atoms with Gasteiger partial charge < -0.3 is 10.2 Å². The summed E-state index contributed by atoms with van der Waals surface area (Å²) in [6.07, 6.45) is 1.70. The molecule has 1 heterocycles. The van der Waals surface area contributed by atoms with Crippen molar-refractivity contribution in [1.29, 1.82) is 0 Å². The van der Waals surface area contributed by atoms with E-state index >= 15 is 0 Å². The van der Waals surface area contributed by atoms with Gasteiger partial charge in [0.25, 0.3) is 0 Å². The van der Waals surface area contributed by atoms with Gasteiger partial charge in [0.15, 0.2) is 0 Å². The van der Waals surface area contributed by atoms with Crippen LogP contribution < -0.4 is 10.2 Å². The van der Waals surface area contributed by atoms with E-state index in [-0.39, 0.29) is 5.91 Å². The van der Waals surface area contributed by atoms with Crippen molar-refractivity contribution >= 4 is 40.0 Å². The lowest BCUT2D eigenvalue weighted by Gasteiger charge is -2.19. The van der Waals surface area contributed by atoms with Crippen molar-refractivity contribution in [2.24, 2.45) is 5.41 Å². The van der Waals surface area contributed by atoms with Gasteiger partial charge in [0.05, 0.1) is 11.9 Å². The normalized spacial score (nSPS) is 11.2. The van der Waals surface area contributed by atoms with Gasteiger partial charge >= 0.3 is 0 Å². The van der Waals surface area contributed by atoms with Crippen molar-refractivity contribution < 1.29 is 4.79 Å². The van der Waals surface area contributed by atoms with Crippen molar-refractivity contribution in [1.82, 2.24) is 4.98 Å². The summed E-state index contributed by atoms with van der Waals surface area (Å²) in [5, 5.41) is 2.89. The monoisotopic (exact) mass is 347 g/mol. The molecule has 0 spiro atoms. The summed E-state index contributed by atoms with van der Waals surface area (Å²) in [7, 11) is 3.87. The van der Waals surface area contributed by atoms with Gasteiger partial charge in [0, 0.05) is 23.1 Å². The van der Waals surface area contributed by atoms with Gasteiger partial charge in [-0.25, -0.2) is 4.98 Å². The number of hydrogen-bond donors (Lipinski definition) is 1.